The molecule has 0 fully saturated rings. The average Bonchev–Trinajstić information content (AvgIpc) is 3.25. The molecule has 3 aromatic rings. The topological polar surface area (TPSA) is 45.5 Å². The first-order valence-electron chi connectivity index (χ1n) is 8.25. The third kappa shape index (κ3) is 4.81. The van der Waals surface area contributed by atoms with Gasteiger partial charge >= 0.3 is 0 Å². The lowest BCUT2D eigenvalue weighted by molar-refractivity contribution is -0.117. The highest BCUT2D eigenvalue weighted by Crippen LogP contribution is 2.20. The Kier molecular flexibility index (Phi) is 5.68. The van der Waals surface area contributed by atoms with Crippen LogP contribution >= 0.6 is 11.3 Å². The number of hydrogen-bond acceptors (Lipinski definition) is 4. The monoisotopic (exact) mass is 354 g/mol. The zero-order valence-corrected chi connectivity index (χ0v) is 15.3. The summed E-state index contributed by atoms with van der Waals surface area (Å²) in [6, 6.07) is 13.9. The number of aryl methyl sites for hydroxylation is 2. The predicted octanol–water partition coefficient (Wildman–Crippen LogP) is 4.60. The lowest BCUT2D eigenvalue weighted by atomic mass is 10.1. The van der Waals surface area contributed by atoms with Gasteiger partial charge in [0.05, 0.1) is 19.4 Å². The number of anilines is 1. The standard InChI is InChI=1S/C20H22N2O2S/c1-15-6-3-7-16(2)20(15)21-19(23)14-22(12-17-8-4-10-24-17)13-18-9-5-11-25-18/h3-11H,12-14H2,1-2H3,(H,21,23). The number of benzene rings is 1. The first-order chi connectivity index (χ1) is 12.1. The fourth-order valence-corrected chi connectivity index (χ4v) is 3.55. The largest absolute Gasteiger partial charge is 0.468 e. The number of rotatable bonds is 7. The number of hydrogen-bond donors (Lipinski definition) is 1. The Hall–Kier alpha value is -2.37. The summed E-state index contributed by atoms with van der Waals surface area (Å²) in [5, 5.41) is 5.11. The molecule has 0 bridgehead atoms. The molecular formula is C20H22N2O2S. The first-order valence-corrected chi connectivity index (χ1v) is 9.13. The second kappa shape index (κ2) is 8.14. The number of amides is 1. The highest BCUT2D eigenvalue weighted by atomic mass is 32.1. The summed E-state index contributed by atoms with van der Waals surface area (Å²) in [7, 11) is 0. The second-order valence-corrected chi connectivity index (χ2v) is 7.15. The lowest BCUT2D eigenvalue weighted by Gasteiger charge is -2.21. The van der Waals surface area contributed by atoms with Crippen LogP contribution in [0.3, 0.4) is 0 Å². The van der Waals surface area contributed by atoms with Crippen LogP contribution in [0.4, 0.5) is 5.69 Å². The minimum Gasteiger partial charge on any atom is -0.468 e. The van der Waals surface area contributed by atoms with Crippen molar-refractivity contribution >= 4 is 22.9 Å². The maximum atomic E-state index is 12.6. The van der Waals surface area contributed by atoms with Crippen LogP contribution in [-0.2, 0) is 17.9 Å². The SMILES string of the molecule is Cc1cccc(C)c1NC(=O)CN(Cc1ccco1)Cc1cccs1. The molecule has 4 nitrogen and oxygen atoms in total. The molecule has 0 saturated carbocycles. The van der Waals surface area contributed by atoms with Gasteiger partial charge in [0.2, 0.25) is 5.91 Å². The number of furan rings is 1. The number of thiophene rings is 1. The van der Waals surface area contributed by atoms with Crippen LogP contribution in [0.15, 0.2) is 58.5 Å². The van der Waals surface area contributed by atoms with Crippen molar-refractivity contribution in [3.05, 3.63) is 75.9 Å². The van der Waals surface area contributed by atoms with Gasteiger partial charge < -0.3 is 9.73 Å². The average molecular weight is 354 g/mol. The van der Waals surface area contributed by atoms with E-state index in [0.29, 0.717) is 13.1 Å². The van der Waals surface area contributed by atoms with E-state index in [1.807, 2.05) is 50.2 Å². The van der Waals surface area contributed by atoms with Crippen molar-refractivity contribution in [2.24, 2.45) is 0 Å². The molecule has 3 rings (SSSR count). The quantitative estimate of drug-likeness (QED) is 0.674. The Morgan fingerprint density at radius 2 is 1.88 bits per heavy atom. The molecule has 0 aliphatic rings. The molecule has 2 heterocycles. The maximum Gasteiger partial charge on any atom is 0.238 e. The van der Waals surface area contributed by atoms with Crippen LogP contribution in [0, 0.1) is 13.8 Å². The van der Waals surface area contributed by atoms with Crippen LogP contribution in [0.25, 0.3) is 0 Å². The van der Waals surface area contributed by atoms with Gasteiger partial charge in [-0.25, -0.2) is 0 Å². The van der Waals surface area contributed by atoms with Crippen molar-refractivity contribution < 1.29 is 9.21 Å². The summed E-state index contributed by atoms with van der Waals surface area (Å²) >= 11 is 1.70. The van der Waals surface area contributed by atoms with E-state index < -0.39 is 0 Å². The van der Waals surface area contributed by atoms with E-state index in [1.165, 1.54) is 4.88 Å². The Bertz CT molecular complexity index is 754. The normalized spacial score (nSPS) is 11.0. The summed E-state index contributed by atoms with van der Waals surface area (Å²) in [6.45, 7) is 5.65. The second-order valence-electron chi connectivity index (χ2n) is 6.12. The van der Waals surface area contributed by atoms with Crippen molar-refractivity contribution in [2.45, 2.75) is 26.9 Å². The predicted molar refractivity (Wildman–Crippen MR) is 102 cm³/mol. The molecule has 0 aliphatic carbocycles. The molecule has 0 aliphatic heterocycles. The molecule has 0 spiro atoms. The van der Waals surface area contributed by atoms with E-state index >= 15 is 0 Å². The summed E-state index contributed by atoms with van der Waals surface area (Å²) in [6.07, 6.45) is 1.66. The summed E-state index contributed by atoms with van der Waals surface area (Å²) in [5.74, 6) is 0.844. The smallest absolute Gasteiger partial charge is 0.238 e. The number of carbonyl (C=O) groups excluding carboxylic acids is 1. The number of para-hydroxylation sites is 1. The Morgan fingerprint density at radius 1 is 1.08 bits per heavy atom. The number of nitrogens with one attached hydrogen (secondary N) is 1. The van der Waals surface area contributed by atoms with Crippen LogP contribution in [-0.4, -0.2) is 17.4 Å². The highest BCUT2D eigenvalue weighted by molar-refractivity contribution is 7.09. The third-order valence-corrected chi connectivity index (χ3v) is 4.89. The van der Waals surface area contributed by atoms with Gasteiger partial charge in [0.15, 0.2) is 0 Å². The molecule has 1 N–H and O–H groups in total. The molecule has 1 aromatic carbocycles. The number of nitrogens with zero attached hydrogens (tertiary/aromatic N) is 1. The minimum atomic E-state index is -0.0134. The van der Waals surface area contributed by atoms with Crippen LogP contribution < -0.4 is 5.32 Å². The van der Waals surface area contributed by atoms with Crippen LogP contribution in [0.5, 0.6) is 0 Å². The van der Waals surface area contributed by atoms with Crippen molar-refractivity contribution in [1.29, 1.82) is 0 Å². The van der Waals surface area contributed by atoms with E-state index in [1.54, 1.807) is 17.6 Å². The zero-order chi connectivity index (χ0) is 17.6. The molecule has 25 heavy (non-hydrogen) atoms. The molecule has 0 saturated heterocycles. The van der Waals surface area contributed by atoms with Gasteiger partial charge in [-0.1, -0.05) is 24.3 Å². The van der Waals surface area contributed by atoms with E-state index in [-0.39, 0.29) is 5.91 Å². The molecule has 2 aromatic heterocycles. The van der Waals surface area contributed by atoms with E-state index in [2.05, 4.69) is 21.7 Å². The van der Waals surface area contributed by atoms with E-state index in [0.717, 1.165) is 29.1 Å². The lowest BCUT2D eigenvalue weighted by Crippen LogP contribution is -2.32. The number of carbonyl (C=O) groups is 1. The van der Waals surface area contributed by atoms with Gasteiger partial charge in [-0.15, -0.1) is 11.3 Å². The van der Waals surface area contributed by atoms with Crippen molar-refractivity contribution in [2.75, 3.05) is 11.9 Å². The zero-order valence-electron chi connectivity index (χ0n) is 14.5. The van der Waals surface area contributed by atoms with Crippen molar-refractivity contribution in [1.82, 2.24) is 4.90 Å². The van der Waals surface area contributed by atoms with Crippen LogP contribution in [0.2, 0.25) is 0 Å². The molecule has 5 heteroatoms. The molecular weight excluding hydrogens is 332 g/mol. The van der Waals surface area contributed by atoms with Crippen molar-refractivity contribution in [3.8, 4) is 0 Å². The van der Waals surface area contributed by atoms with Gasteiger partial charge in [-0.05, 0) is 48.6 Å². The first kappa shape index (κ1) is 17.5. The summed E-state index contributed by atoms with van der Waals surface area (Å²) in [4.78, 5) is 15.9. The van der Waals surface area contributed by atoms with Gasteiger partial charge in [0.25, 0.3) is 0 Å². The fraction of sp³-hybridized carbons (Fsp3) is 0.250. The highest BCUT2D eigenvalue weighted by Gasteiger charge is 2.15. The fourth-order valence-electron chi connectivity index (χ4n) is 2.81. The molecule has 1 amide bonds. The van der Waals surface area contributed by atoms with Gasteiger partial charge in [-0.3, -0.25) is 9.69 Å². The maximum absolute atomic E-state index is 12.6. The van der Waals surface area contributed by atoms with Crippen molar-refractivity contribution in [3.63, 3.8) is 0 Å². The Labute approximate surface area is 152 Å². The summed E-state index contributed by atoms with van der Waals surface area (Å²) in [5.41, 5.74) is 3.05. The van der Waals surface area contributed by atoms with Gasteiger partial charge in [0.1, 0.15) is 5.76 Å². The van der Waals surface area contributed by atoms with E-state index in [9.17, 15) is 4.79 Å². The molecule has 0 radical (unpaired) electrons. The van der Waals surface area contributed by atoms with E-state index in [4.69, 9.17) is 4.42 Å². The molecule has 0 unspecified atom stereocenters. The van der Waals surface area contributed by atoms with Gasteiger partial charge in [-0.2, -0.15) is 0 Å². The third-order valence-electron chi connectivity index (χ3n) is 4.03. The Balaban J connectivity index is 1.69. The minimum absolute atomic E-state index is 0.0134. The van der Waals surface area contributed by atoms with Gasteiger partial charge in [0, 0.05) is 17.1 Å². The summed E-state index contributed by atoms with van der Waals surface area (Å²) < 4.78 is 5.45. The molecule has 0 atom stereocenters. The molecule has 130 valence electrons. The van der Waals surface area contributed by atoms with Crippen LogP contribution in [0.1, 0.15) is 21.8 Å². The Morgan fingerprint density at radius 3 is 2.52 bits per heavy atom.